The molecule has 0 aliphatic carbocycles. The molecule has 1 heterocycles. The lowest BCUT2D eigenvalue weighted by Gasteiger charge is -2.10. The molecule has 96 valence electrons. The van der Waals surface area contributed by atoms with E-state index in [0.717, 1.165) is 16.9 Å². The van der Waals surface area contributed by atoms with Crippen molar-refractivity contribution < 1.29 is 0 Å². The van der Waals surface area contributed by atoms with Gasteiger partial charge in [0, 0.05) is 21.1 Å². The highest BCUT2D eigenvalue weighted by Gasteiger charge is 2.07. The molecule has 2 aromatic rings. The predicted molar refractivity (Wildman–Crippen MR) is 74.5 cm³/mol. The average Bonchev–Trinajstić information content (AvgIpc) is 2.62. The Morgan fingerprint density at radius 3 is 2.83 bits per heavy atom. The molecule has 2 rings (SSSR count). The van der Waals surface area contributed by atoms with E-state index in [4.69, 9.17) is 5.73 Å². The van der Waals surface area contributed by atoms with Crippen molar-refractivity contribution in [3.63, 3.8) is 0 Å². The van der Waals surface area contributed by atoms with Crippen LogP contribution in [0.2, 0.25) is 0 Å². The van der Waals surface area contributed by atoms with Crippen LogP contribution in [0.15, 0.2) is 23.2 Å². The minimum Gasteiger partial charge on any atom is -0.370 e. The molecule has 18 heavy (non-hydrogen) atoms. The van der Waals surface area contributed by atoms with Gasteiger partial charge in [-0.2, -0.15) is 0 Å². The van der Waals surface area contributed by atoms with Gasteiger partial charge in [0.05, 0.1) is 11.0 Å². The number of imidazole rings is 1. The molecule has 0 fully saturated rings. The zero-order valence-electron chi connectivity index (χ0n) is 11.3. The summed E-state index contributed by atoms with van der Waals surface area (Å²) in [6, 6.07) is 6.25. The maximum atomic E-state index is 5.77. The van der Waals surface area contributed by atoms with Gasteiger partial charge in [0.1, 0.15) is 12.4 Å². The minimum absolute atomic E-state index is 0.494. The summed E-state index contributed by atoms with van der Waals surface area (Å²) in [6.07, 6.45) is 0. The number of hydrogen-bond donors (Lipinski definition) is 1. The summed E-state index contributed by atoms with van der Waals surface area (Å²) in [5.74, 6) is 1.43. The van der Waals surface area contributed by atoms with Crippen LogP contribution in [0.4, 0.5) is 0 Å². The summed E-state index contributed by atoms with van der Waals surface area (Å²) < 4.78 is 2.06. The molecule has 0 aliphatic heterocycles. The standard InChI is InChI=1S/C13H19N5/c1-9-5-6-11-10(7-9)16-12(18(11)4)8-15-13(14)17(2)3/h5-7H,8H2,1-4H3,(H2,14,15). The summed E-state index contributed by atoms with van der Waals surface area (Å²) in [7, 11) is 5.75. The van der Waals surface area contributed by atoms with Gasteiger partial charge in [-0.1, -0.05) is 6.07 Å². The topological polar surface area (TPSA) is 59.4 Å². The summed E-state index contributed by atoms with van der Waals surface area (Å²) >= 11 is 0. The van der Waals surface area contributed by atoms with Gasteiger partial charge in [-0.3, -0.25) is 0 Å². The van der Waals surface area contributed by atoms with Crippen molar-refractivity contribution in [1.82, 2.24) is 14.5 Å². The van der Waals surface area contributed by atoms with E-state index in [1.54, 1.807) is 4.90 Å². The van der Waals surface area contributed by atoms with Crippen LogP contribution in [0.3, 0.4) is 0 Å². The van der Waals surface area contributed by atoms with Crippen LogP contribution >= 0.6 is 0 Å². The highest BCUT2D eigenvalue weighted by Crippen LogP contribution is 2.16. The number of rotatable bonds is 2. The second kappa shape index (κ2) is 4.68. The van der Waals surface area contributed by atoms with Gasteiger partial charge >= 0.3 is 0 Å². The molecule has 0 spiro atoms. The van der Waals surface area contributed by atoms with Crippen LogP contribution in [0, 0.1) is 6.92 Å². The van der Waals surface area contributed by atoms with Crippen LogP contribution in [0.25, 0.3) is 11.0 Å². The SMILES string of the molecule is Cc1ccc2c(c1)nc(CN=C(N)N(C)C)n2C. The Hall–Kier alpha value is -2.04. The summed E-state index contributed by atoms with van der Waals surface area (Å²) in [4.78, 5) is 10.7. The third kappa shape index (κ3) is 2.30. The second-order valence-electron chi connectivity index (χ2n) is 4.65. The number of hydrogen-bond acceptors (Lipinski definition) is 2. The molecule has 5 heteroatoms. The molecule has 0 saturated carbocycles. The van der Waals surface area contributed by atoms with Crippen molar-refractivity contribution >= 4 is 17.0 Å². The molecule has 0 radical (unpaired) electrons. The van der Waals surface area contributed by atoms with Gasteiger partial charge < -0.3 is 15.2 Å². The third-order valence-corrected chi connectivity index (χ3v) is 2.97. The number of nitrogens with zero attached hydrogens (tertiary/aromatic N) is 4. The Balaban J connectivity index is 2.35. The van der Waals surface area contributed by atoms with Crippen molar-refractivity contribution in [2.45, 2.75) is 13.5 Å². The van der Waals surface area contributed by atoms with E-state index in [1.165, 1.54) is 5.56 Å². The number of benzene rings is 1. The minimum atomic E-state index is 0.494. The van der Waals surface area contributed by atoms with Crippen LogP contribution in [-0.4, -0.2) is 34.5 Å². The molecule has 0 amide bonds. The molecule has 0 atom stereocenters. The largest absolute Gasteiger partial charge is 0.370 e. The normalized spacial score (nSPS) is 12.1. The third-order valence-electron chi connectivity index (χ3n) is 2.97. The number of aliphatic imine (C=N–C) groups is 1. The smallest absolute Gasteiger partial charge is 0.191 e. The van der Waals surface area contributed by atoms with E-state index >= 15 is 0 Å². The average molecular weight is 245 g/mol. The maximum Gasteiger partial charge on any atom is 0.191 e. The Kier molecular flexibility index (Phi) is 3.23. The van der Waals surface area contributed by atoms with Crippen LogP contribution in [0.5, 0.6) is 0 Å². The Morgan fingerprint density at radius 1 is 1.44 bits per heavy atom. The first kappa shape index (κ1) is 12.4. The Morgan fingerprint density at radius 2 is 2.17 bits per heavy atom. The fraction of sp³-hybridized carbons (Fsp3) is 0.385. The summed E-state index contributed by atoms with van der Waals surface area (Å²) in [5.41, 5.74) is 9.11. The molecule has 5 nitrogen and oxygen atoms in total. The van der Waals surface area contributed by atoms with Crippen molar-refractivity contribution in [3.05, 3.63) is 29.6 Å². The monoisotopic (exact) mass is 245 g/mol. The second-order valence-corrected chi connectivity index (χ2v) is 4.65. The van der Waals surface area contributed by atoms with Crippen molar-refractivity contribution in [1.29, 1.82) is 0 Å². The fourth-order valence-corrected chi connectivity index (χ4v) is 1.79. The van der Waals surface area contributed by atoms with E-state index in [0.29, 0.717) is 12.5 Å². The van der Waals surface area contributed by atoms with Gasteiger partial charge in [0.15, 0.2) is 5.96 Å². The Labute approximate surface area is 107 Å². The summed E-state index contributed by atoms with van der Waals surface area (Å²) in [5, 5.41) is 0. The first-order chi connectivity index (χ1) is 8.49. The lowest BCUT2D eigenvalue weighted by Crippen LogP contribution is -2.30. The maximum absolute atomic E-state index is 5.77. The molecule has 0 saturated heterocycles. The Bertz CT molecular complexity index is 595. The van der Waals surface area contributed by atoms with Crippen molar-refractivity contribution in [3.8, 4) is 0 Å². The zero-order chi connectivity index (χ0) is 13.3. The first-order valence-corrected chi connectivity index (χ1v) is 5.88. The molecular weight excluding hydrogens is 226 g/mol. The van der Waals surface area contributed by atoms with Crippen molar-refractivity contribution in [2.75, 3.05) is 14.1 Å². The highest BCUT2D eigenvalue weighted by atomic mass is 15.2. The fourth-order valence-electron chi connectivity index (χ4n) is 1.79. The first-order valence-electron chi connectivity index (χ1n) is 5.88. The molecular formula is C13H19N5. The van der Waals surface area contributed by atoms with Crippen LogP contribution in [-0.2, 0) is 13.6 Å². The molecule has 0 bridgehead atoms. The van der Waals surface area contributed by atoms with E-state index in [2.05, 4.69) is 39.7 Å². The van der Waals surface area contributed by atoms with E-state index in [1.807, 2.05) is 21.1 Å². The lowest BCUT2D eigenvalue weighted by molar-refractivity contribution is 0.607. The highest BCUT2D eigenvalue weighted by molar-refractivity contribution is 5.78. The van der Waals surface area contributed by atoms with Gasteiger partial charge in [0.2, 0.25) is 0 Å². The van der Waals surface area contributed by atoms with E-state index in [-0.39, 0.29) is 0 Å². The van der Waals surface area contributed by atoms with Gasteiger partial charge in [-0.15, -0.1) is 0 Å². The van der Waals surface area contributed by atoms with Crippen LogP contribution < -0.4 is 5.73 Å². The van der Waals surface area contributed by atoms with Gasteiger partial charge in [-0.05, 0) is 24.6 Å². The van der Waals surface area contributed by atoms with Gasteiger partial charge in [-0.25, -0.2) is 9.98 Å². The molecule has 0 unspecified atom stereocenters. The number of aryl methyl sites for hydroxylation is 2. The van der Waals surface area contributed by atoms with E-state index < -0.39 is 0 Å². The molecule has 0 aliphatic rings. The van der Waals surface area contributed by atoms with Gasteiger partial charge in [0.25, 0.3) is 0 Å². The number of nitrogens with two attached hydrogens (primary N) is 1. The number of fused-ring (bicyclic) bond motifs is 1. The molecule has 2 N–H and O–H groups in total. The van der Waals surface area contributed by atoms with Crippen molar-refractivity contribution in [2.24, 2.45) is 17.8 Å². The number of guanidine groups is 1. The van der Waals surface area contributed by atoms with Crippen LogP contribution in [0.1, 0.15) is 11.4 Å². The number of aromatic nitrogens is 2. The quantitative estimate of drug-likeness (QED) is 0.640. The lowest BCUT2D eigenvalue weighted by atomic mass is 10.2. The molecule has 1 aromatic carbocycles. The van der Waals surface area contributed by atoms with E-state index in [9.17, 15) is 0 Å². The predicted octanol–water partition coefficient (Wildman–Crippen LogP) is 1.26. The molecule has 1 aromatic heterocycles. The zero-order valence-corrected chi connectivity index (χ0v) is 11.3. The summed E-state index contributed by atoms with van der Waals surface area (Å²) in [6.45, 7) is 2.56.